The van der Waals surface area contributed by atoms with Crippen LogP contribution in [0.2, 0.25) is 10.0 Å². The van der Waals surface area contributed by atoms with E-state index in [1.54, 1.807) is 16.7 Å². The molecule has 0 unspecified atom stereocenters. The summed E-state index contributed by atoms with van der Waals surface area (Å²) in [5.74, 6) is 0.537. The molecule has 1 saturated heterocycles. The van der Waals surface area contributed by atoms with Crippen molar-refractivity contribution in [3.05, 3.63) is 22.2 Å². The Bertz CT molecular complexity index is 838. The quantitative estimate of drug-likeness (QED) is 0.557. The van der Waals surface area contributed by atoms with Crippen molar-refractivity contribution in [3.63, 3.8) is 0 Å². The van der Waals surface area contributed by atoms with Gasteiger partial charge in [-0.3, -0.25) is 4.57 Å². The van der Waals surface area contributed by atoms with Crippen LogP contribution < -0.4 is 5.32 Å². The summed E-state index contributed by atoms with van der Waals surface area (Å²) < 4.78 is 7.48. The number of anilines is 1. The Hall–Kier alpha value is -1.09. The normalized spacial score (nSPS) is 29.3. The highest BCUT2D eigenvalue weighted by Gasteiger charge is 2.44. The van der Waals surface area contributed by atoms with E-state index >= 15 is 0 Å². The first-order valence-corrected chi connectivity index (χ1v) is 10.5. The molecule has 2 heterocycles. The van der Waals surface area contributed by atoms with E-state index in [0.717, 1.165) is 25.7 Å². The van der Waals surface area contributed by atoms with Gasteiger partial charge in [-0.2, -0.15) is 0 Å². The highest BCUT2D eigenvalue weighted by molar-refractivity contribution is 6.42. The second-order valence-electron chi connectivity index (χ2n) is 7.62. The Morgan fingerprint density at radius 3 is 2.39 bits per heavy atom. The average Bonchev–Trinajstić information content (AvgIpc) is 3.00. The summed E-state index contributed by atoms with van der Waals surface area (Å²) in [4.78, 5) is 4.67. The van der Waals surface area contributed by atoms with Gasteiger partial charge in [-0.15, -0.1) is 0 Å². The van der Waals surface area contributed by atoms with Gasteiger partial charge in [0.1, 0.15) is 18.3 Å². The lowest BCUT2D eigenvalue weighted by molar-refractivity contribution is -0.0499. The SMILES string of the molecule is OC[C@@H]1O[C@H](n2c(NC3CCCCCC3)nc3cc(Cl)c(Cl)cc32)[C@@H](O)[C@H]1O. The predicted molar refractivity (Wildman–Crippen MR) is 108 cm³/mol. The van der Waals surface area contributed by atoms with E-state index in [1.807, 2.05) is 0 Å². The number of nitrogens with zero attached hydrogens (tertiary/aromatic N) is 2. The molecule has 4 atom stereocenters. The molecule has 4 N–H and O–H groups in total. The summed E-state index contributed by atoms with van der Waals surface area (Å²) in [5, 5.41) is 34.5. The highest BCUT2D eigenvalue weighted by Crippen LogP contribution is 2.38. The number of halogens is 2. The van der Waals surface area contributed by atoms with E-state index in [9.17, 15) is 15.3 Å². The smallest absolute Gasteiger partial charge is 0.206 e. The van der Waals surface area contributed by atoms with Gasteiger partial charge < -0.3 is 25.4 Å². The van der Waals surface area contributed by atoms with Crippen LogP contribution >= 0.6 is 23.2 Å². The van der Waals surface area contributed by atoms with Crippen molar-refractivity contribution in [2.24, 2.45) is 0 Å². The van der Waals surface area contributed by atoms with Gasteiger partial charge in [-0.1, -0.05) is 48.9 Å². The first-order chi connectivity index (χ1) is 13.5. The average molecular weight is 430 g/mol. The van der Waals surface area contributed by atoms with Crippen LogP contribution in [0.5, 0.6) is 0 Å². The number of hydrogen-bond acceptors (Lipinski definition) is 6. The molecule has 1 saturated carbocycles. The predicted octanol–water partition coefficient (Wildman–Crippen LogP) is 3.09. The molecule has 0 amide bonds. The Kier molecular flexibility index (Phi) is 6.01. The molecule has 1 aliphatic carbocycles. The third-order valence-electron chi connectivity index (χ3n) is 5.69. The summed E-state index contributed by atoms with van der Waals surface area (Å²) in [6.45, 7) is -0.390. The van der Waals surface area contributed by atoms with Crippen LogP contribution in [0.25, 0.3) is 11.0 Å². The molecule has 2 fully saturated rings. The molecule has 2 aromatic rings. The molecule has 1 aliphatic heterocycles. The zero-order chi connectivity index (χ0) is 19.8. The summed E-state index contributed by atoms with van der Waals surface area (Å²) in [6.07, 6.45) is 2.69. The molecule has 2 aliphatic rings. The lowest BCUT2D eigenvalue weighted by Crippen LogP contribution is -2.33. The number of aromatic nitrogens is 2. The molecule has 154 valence electrons. The van der Waals surface area contributed by atoms with Crippen molar-refractivity contribution in [3.8, 4) is 0 Å². The van der Waals surface area contributed by atoms with Gasteiger partial charge in [0.05, 0.1) is 27.7 Å². The van der Waals surface area contributed by atoms with Crippen LogP contribution in [-0.4, -0.2) is 55.8 Å². The van der Waals surface area contributed by atoms with Crippen molar-refractivity contribution >= 4 is 40.2 Å². The van der Waals surface area contributed by atoms with E-state index < -0.39 is 24.5 Å². The number of imidazole rings is 1. The molecule has 9 heteroatoms. The van der Waals surface area contributed by atoms with Crippen molar-refractivity contribution in [2.75, 3.05) is 11.9 Å². The van der Waals surface area contributed by atoms with Gasteiger partial charge in [0.25, 0.3) is 0 Å². The monoisotopic (exact) mass is 429 g/mol. The number of rotatable bonds is 4. The Labute approximate surface area is 173 Å². The highest BCUT2D eigenvalue weighted by atomic mass is 35.5. The fourth-order valence-corrected chi connectivity index (χ4v) is 4.47. The van der Waals surface area contributed by atoms with E-state index in [1.165, 1.54) is 12.8 Å². The molecular formula is C19H25Cl2N3O4. The number of hydrogen-bond donors (Lipinski definition) is 4. The van der Waals surface area contributed by atoms with Crippen LogP contribution in [0.15, 0.2) is 12.1 Å². The number of ether oxygens (including phenoxy) is 1. The molecule has 0 spiro atoms. The van der Waals surface area contributed by atoms with Crippen LogP contribution in [0.4, 0.5) is 5.95 Å². The fraction of sp³-hybridized carbons (Fsp3) is 0.632. The zero-order valence-corrected chi connectivity index (χ0v) is 16.9. The summed E-state index contributed by atoms with van der Waals surface area (Å²) in [7, 11) is 0. The van der Waals surface area contributed by atoms with Gasteiger partial charge >= 0.3 is 0 Å². The van der Waals surface area contributed by atoms with Gasteiger partial charge in [-0.25, -0.2) is 4.98 Å². The minimum Gasteiger partial charge on any atom is -0.394 e. The minimum absolute atomic E-state index is 0.265. The third kappa shape index (κ3) is 3.72. The summed E-state index contributed by atoms with van der Waals surface area (Å²) in [6, 6.07) is 3.62. The maximum atomic E-state index is 10.6. The fourth-order valence-electron chi connectivity index (χ4n) is 4.15. The minimum atomic E-state index is -1.21. The van der Waals surface area contributed by atoms with Gasteiger partial charge in [-0.05, 0) is 25.0 Å². The van der Waals surface area contributed by atoms with Gasteiger partial charge in [0, 0.05) is 6.04 Å². The van der Waals surface area contributed by atoms with Crippen molar-refractivity contribution in [2.45, 2.75) is 69.1 Å². The second-order valence-corrected chi connectivity index (χ2v) is 8.44. The van der Waals surface area contributed by atoms with Crippen molar-refractivity contribution < 1.29 is 20.1 Å². The van der Waals surface area contributed by atoms with E-state index in [-0.39, 0.29) is 12.6 Å². The van der Waals surface area contributed by atoms with Crippen LogP contribution in [0.3, 0.4) is 0 Å². The van der Waals surface area contributed by atoms with Gasteiger partial charge in [0.15, 0.2) is 6.23 Å². The molecule has 4 rings (SSSR count). The summed E-state index contributed by atoms with van der Waals surface area (Å²) in [5.41, 5.74) is 1.25. The number of benzene rings is 1. The Balaban J connectivity index is 1.76. The molecule has 1 aromatic carbocycles. The van der Waals surface area contributed by atoms with E-state index in [4.69, 9.17) is 27.9 Å². The number of nitrogens with one attached hydrogen (secondary N) is 1. The number of aliphatic hydroxyl groups excluding tert-OH is 3. The first kappa shape index (κ1) is 20.2. The zero-order valence-electron chi connectivity index (χ0n) is 15.4. The molecule has 7 nitrogen and oxygen atoms in total. The van der Waals surface area contributed by atoms with Crippen molar-refractivity contribution in [1.82, 2.24) is 9.55 Å². The molecule has 0 radical (unpaired) electrons. The third-order valence-corrected chi connectivity index (χ3v) is 6.41. The summed E-state index contributed by atoms with van der Waals surface area (Å²) >= 11 is 12.4. The standard InChI is InChI=1S/C19H25Cl2N3O4/c20-11-7-13-14(8-12(11)21)24(18-17(27)16(26)15(9-25)28-18)19(23-13)22-10-5-3-1-2-4-6-10/h7-8,10,15-18,25-27H,1-6,9H2,(H,22,23)/t15-,16-,17-,18-/m0/s1. The van der Waals surface area contributed by atoms with Crippen molar-refractivity contribution in [1.29, 1.82) is 0 Å². The maximum Gasteiger partial charge on any atom is 0.206 e. The first-order valence-electron chi connectivity index (χ1n) is 9.75. The van der Waals surface area contributed by atoms with Crippen LogP contribution in [0.1, 0.15) is 44.8 Å². The Morgan fingerprint density at radius 2 is 1.75 bits per heavy atom. The van der Waals surface area contributed by atoms with E-state index in [0.29, 0.717) is 27.0 Å². The molecule has 28 heavy (non-hydrogen) atoms. The van der Waals surface area contributed by atoms with Crippen LogP contribution in [-0.2, 0) is 4.74 Å². The Morgan fingerprint density at radius 1 is 1.07 bits per heavy atom. The second kappa shape index (κ2) is 8.34. The molecule has 1 aromatic heterocycles. The lowest BCUT2D eigenvalue weighted by atomic mass is 10.1. The van der Waals surface area contributed by atoms with Crippen LogP contribution in [0, 0.1) is 0 Å². The molecular weight excluding hydrogens is 405 g/mol. The largest absolute Gasteiger partial charge is 0.394 e. The van der Waals surface area contributed by atoms with E-state index in [2.05, 4.69) is 10.3 Å². The topological polar surface area (TPSA) is 99.8 Å². The lowest BCUT2D eigenvalue weighted by Gasteiger charge is -2.23. The molecule has 0 bridgehead atoms. The number of aliphatic hydroxyl groups is 3. The maximum absolute atomic E-state index is 10.6. The number of fused-ring (bicyclic) bond motifs is 1. The van der Waals surface area contributed by atoms with Gasteiger partial charge in [0.2, 0.25) is 5.95 Å².